The fourth-order valence-electron chi connectivity index (χ4n) is 7.48. The van der Waals surface area contributed by atoms with E-state index in [1.807, 2.05) is 42.6 Å². The molecule has 1 aliphatic heterocycles. The minimum Gasteiger partial charge on any atom is -0.488 e. The van der Waals surface area contributed by atoms with Crippen LogP contribution in [0.4, 0.5) is 22.7 Å². The second-order valence-corrected chi connectivity index (χ2v) is 13.0. The van der Waals surface area contributed by atoms with Gasteiger partial charge < -0.3 is 14.4 Å². The molecule has 9 aromatic rings. The van der Waals surface area contributed by atoms with Crippen LogP contribution >= 0.6 is 0 Å². The van der Waals surface area contributed by atoms with Crippen LogP contribution in [0.5, 0.6) is 0 Å². The van der Waals surface area contributed by atoms with E-state index in [0.29, 0.717) is 0 Å². The third-order valence-corrected chi connectivity index (χ3v) is 9.86. The molecule has 1 aliphatic rings. The minimum absolute atomic E-state index is 0. The maximum atomic E-state index is 4.83. The Morgan fingerprint density at radius 2 is 1.25 bits per heavy atom. The molecule has 55 heavy (non-hydrogen) atoms. The Balaban J connectivity index is 0.00000397. The van der Waals surface area contributed by atoms with Gasteiger partial charge in [0.2, 0.25) is 0 Å². The van der Waals surface area contributed by atoms with Crippen LogP contribution in [0.25, 0.3) is 38.8 Å². The second kappa shape index (κ2) is 14.7. The molecule has 6 nitrogen and oxygen atoms in total. The predicted molar refractivity (Wildman–Crippen MR) is 218 cm³/mol. The van der Waals surface area contributed by atoms with E-state index >= 15 is 0 Å². The average Bonchev–Trinajstić information content (AvgIpc) is 3.80. The topological polar surface area (TPSA) is 50.1 Å². The van der Waals surface area contributed by atoms with Crippen LogP contribution in [-0.2, 0) is 21.1 Å². The Bertz CT molecular complexity index is 2760. The summed E-state index contributed by atoms with van der Waals surface area (Å²) >= 11 is 0. The molecule has 0 amide bonds. The maximum Gasteiger partial charge on any atom is 0.136 e. The standard InChI is InChI=1S/C48H31N6.Pt/c1-3-14-34(15-4-1)48(41-27-29-49-32-51-41)47(36-25-26-40-39-20-7-8-21-42(39)54(45(40)31-36)46-24-11-12-28-50-46)35-16-13-19-38(30-35)53-33-52(37-17-5-2-6-18-37)43-22-9-10-23-44(43)53;/h1-29,32-33H;/q-3;/b48-47-;. The van der Waals surface area contributed by atoms with Crippen LogP contribution in [0, 0.1) is 18.8 Å². The Labute approximate surface area is 334 Å². The van der Waals surface area contributed by atoms with Gasteiger partial charge in [-0.3, -0.25) is 0 Å². The largest absolute Gasteiger partial charge is 0.488 e. The molecule has 0 bridgehead atoms. The van der Waals surface area contributed by atoms with Crippen molar-refractivity contribution < 1.29 is 21.1 Å². The monoisotopic (exact) mass is 886 g/mol. The number of hydrogen-bond acceptors (Lipinski definition) is 5. The van der Waals surface area contributed by atoms with Crippen molar-refractivity contribution in [3.05, 3.63) is 224 Å². The van der Waals surface area contributed by atoms with E-state index in [9.17, 15) is 0 Å². The Kier molecular flexibility index (Phi) is 9.11. The second-order valence-electron chi connectivity index (χ2n) is 13.0. The van der Waals surface area contributed by atoms with Gasteiger partial charge in [0, 0.05) is 56.0 Å². The van der Waals surface area contributed by atoms with Gasteiger partial charge in [0.05, 0.1) is 5.69 Å². The Morgan fingerprint density at radius 3 is 2.04 bits per heavy atom. The molecule has 6 aromatic carbocycles. The first-order valence-electron chi connectivity index (χ1n) is 17.9. The molecular formula is C48H31N6Pt-3. The zero-order valence-corrected chi connectivity index (χ0v) is 31.7. The molecule has 266 valence electrons. The normalized spacial score (nSPS) is 12.7. The summed E-state index contributed by atoms with van der Waals surface area (Å²) in [5.74, 6) is 0.835. The van der Waals surface area contributed by atoms with Gasteiger partial charge in [0.15, 0.2) is 0 Å². The van der Waals surface area contributed by atoms with Crippen LogP contribution < -0.4 is 9.80 Å². The van der Waals surface area contributed by atoms with E-state index in [1.165, 1.54) is 0 Å². The number of hydrogen-bond donors (Lipinski definition) is 0. The zero-order chi connectivity index (χ0) is 35.8. The van der Waals surface area contributed by atoms with Crippen LogP contribution in [0.3, 0.4) is 0 Å². The van der Waals surface area contributed by atoms with Crippen LogP contribution in [0.15, 0.2) is 183 Å². The number of aromatic nitrogens is 4. The molecular weight excluding hydrogens is 856 g/mol. The van der Waals surface area contributed by atoms with E-state index in [1.54, 1.807) is 12.5 Å². The van der Waals surface area contributed by atoms with Crippen molar-refractivity contribution in [3.8, 4) is 5.82 Å². The number of rotatable bonds is 7. The van der Waals surface area contributed by atoms with Gasteiger partial charge in [0.25, 0.3) is 0 Å². The van der Waals surface area contributed by atoms with E-state index in [2.05, 4.69) is 166 Å². The first-order valence-corrected chi connectivity index (χ1v) is 17.9. The molecule has 0 aliphatic carbocycles. The maximum absolute atomic E-state index is 4.83. The summed E-state index contributed by atoms with van der Waals surface area (Å²) < 4.78 is 2.20. The summed E-state index contributed by atoms with van der Waals surface area (Å²) in [6.45, 7) is 2.14. The van der Waals surface area contributed by atoms with Gasteiger partial charge in [-0.15, -0.1) is 65.8 Å². The summed E-state index contributed by atoms with van der Waals surface area (Å²) in [7, 11) is 0. The molecule has 0 saturated carbocycles. The summed E-state index contributed by atoms with van der Waals surface area (Å²) in [5, 5.41) is 2.25. The number of benzene rings is 6. The third kappa shape index (κ3) is 6.11. The fourth-order valence-corrected chi connectivity index (χ4v) is 7.48. The Morgan fingerprint density at radius 1 is 0.527 bits per heavy atom. The van der Waals surface area contributed by atoms with Crippen molar-refractivity contribution in [3.63, 3.8) is 0 Å². The molecule has 4 heterocycles. The van der Waals surface area contributed by atoms with Crippen LogP contribution in [0.1, 0.15) is 22.4 Å². The Hall–Kier alpha value is -6.62. The van der Waals surface area contributed by atoms with Gasteiger partial charge in [-0.25, -0.2) is 15.0 Å². The molecule has 0 saturated heterocycles. The summed E-state index contributed by atoms with van der Waals surface area (Å²) in [6, 6.07) is 64.3. The summed E-state index contributed by atoms with van der Waals surface area (Å²) in [4.78, 5) is 18.3. The van der Waals surface area contributed by atoms with E-state index < -0.39 is 0 Å². The molecule has 0 radical (unpaired) electrons. The number of anilines is 4. The van der Waals surface area contributed by atoms with E-state index in [-0.39, 0.29) is 21.1 Å². The molecule has 7 heteroatoms. The smallest absolute Gasteiger partial charge is 0.136 e. The molecule has 0 spiro atoms. The van der Waals surface area contributed by atoms with Gasteiger partial charge in [-0.2, -0.15) is 0 Å². The number of pyridine rings is 1. The quantitative estimate of drug-likeness (QED) is 0.118. The first kappa shape index (κ1) is 34.2. The van der Waals surface area contributed by atoms with Crippen molar-refractivity contribution in [2.75, 3.05) is 9.80 Å². The zero-order valence-electron chi connectivity index (χ0n) is 29.4. The molecule has 10 rings (SSSR count). The third-order valence-electron chi connectivity index (χ3n) is 9.86. The molecule has 0 fully saturated rings. The van der Waals surface area contributed by atoms with Crippen LogP contribution in [-0.4, -0.2) is 19.5 Å². The number of fused-ring (bicyclic) bond motifs is 4. The molecule has 3 aromatic heterocycles. The van der Waals surface area contributed by atoms with Crippen LogP contribution in [0.2, 0.25) is 0 Å². The van der Waals surface area contributed by atoms with Gasteiger partial charge in [-0.1, -0.05) is 96.0 Å². The number of nitrogens with zero attached hydrogens (tertiary/aromatic N) is 6. The fraction of sp³-hybridized carbons (Fsp3) is 0. The SMILES string of the molecule is [Pt].[c-]1c(/C(=C(\c2ccccc2)c2ccncn2)c2[c-]c3c(cc2)c2ccccc2n3-c2ccccn2)cccc1N1[CH-]N(c2ccccc2)c2ccccc21. The van der Waals surface area contributed by atoms with Crippen molar-refractivity contribution in [2.24, 2.45) is 0 Å². The van der Waals surface area contributed by atoms with Gasteiger partial charge in [-0.05, 0) is 70.6 Å². The average molecular weight is 887 g/mol. The number of para-hydroxylation sites is 4. The van der Waals surface area contributed by atoms with Gasteiger partial charge in [0.1, 0.15) is 12.1 Å². The van der Waals surface area contributed by atoms with Crippen molar-refractivity contribution in [1.29, 1.82) is 0 Å². The summed E-state index contributed by atoms with van der Waals surface area (Å²) in [5.41, 5.74) is 11.7. The van der Waals surface area contributed by atoms with Crippen molar-refractivity contribution in [1.82, 2.24) is 19.5 Å². The first-order chi connectivity index (χ1) is 26.8. The summed E-state index contributed by atoms with van der Waals surface area (Å²) in [6.07, 6.45) is 5.24. The molecule has 0 atom stereocenters. The van der Waals surface area contributed by atoms with E-state index in [0.717, 1.165) is 83.9 Å². The molecule has 0 unspecified atom stereocenters. The van der Waals surface area contributed by atoms with Crippen molar-refractivity contribution >= 4 is 55.7 Å². The van der Waals surface area contributed by atoms with E-state index in [4.69, 9.17) is 9.97 Å². The van der Waals surface area contributed by atoms with Crippen molar-refractivity contribution in [2.45, 2.75) is 0 Å². The minimum atomic E-state index is 0. The van der Waals surface area contributed by atoms with Gasteiger partial charge >= 0.3 is 0 Å². The predicted octanol–water partition coefficient (Wildman–Crippen LogP) is 11.0. The molecule has 0 N–H and O–H groups in total.